The van der Waals surface area contributed by atoms with Crippen LogP contribution in [-0.4, -0.2) is 23.3 Å². The van der Waals surface area contributed by atoms with Crippen LogP contribution in [0.15, 0.2) is 48.7 Å². The Balaban J connectivity index is 1.84. The number of hydrogen-bond donors (Lipinski definition) is 3. The lowest BCUT2D eigenvalue weighted by Gasteiger charge is -2.20. The molecule has 2 amide bonds. The van der Waals surface area contributed by atoms with Gasteiger partial charge >= 0.3 is 0 Å². The van der Waals surface area contributed by atoms with Crippen molar-refractivity contribution in [1.82, 2.24) is 10.3 Å². The Kier molecular flexibility index (Phi) is 7.14. The Morgan fingerprint density at radius 3 is 2.42 bits per heavy atom. The first kappa shape index (κ1) is 19.4. The van der Waals surface area contributed by atoms with E-state index >= 15 is 0 Å². The molecule has 0 spiro atoms. The predicted octanol–water partition coefficient (Wildman–Crippen LogP) is 1.69. The predicted molar refractivity (Wildman–Crippen MR) is 102 cm³/mol. The smallest absolute Gasteiger partial charge is 0.223 e. The van der Waals surface area contributed by atoms with Crippen molar-refractivity contribution < 1.29 is 9.59 Å². The summed E-state index contributed by atoms with van der Waals surface area (Å²) in [5.74, 6) is -1.10. The molecule has 1 aromatic carbocycles. The molecule has 0 aliphatic heterocycles. The number of nitrogens with zero attached hydrogens (tertiary/aromatic N) is 1. The van der Waals surface area contributed by atoms with E-state index < -0.39 is 17.7 Å². The third kappa shape index (κ3) is 5.88. The summed E-state index contributed by atoms with van der Waals surface area (Å²) < 4.78 is 0. The van der Waals surface area contributed by atoms with Crippen molar-refractivity contribution in [2.45, 2.75) is 26.2 Å². The van der Waals surface area contributed by atoms with Gasteiger partial charge in [0.2, 0.25) is 11.8 Å². The Hall–Kier alpha value is -2.89. The van der Waals surface area contributed by atoms with Crippen molar-refractivity contribution in [3.05, 3.63) is 59.8 Å². The number of nitrogens with two attached hydrogens (primary N) is 2. The molecule has 2 aromatic rings. The van der Waals surface area contributed by atoms with Crippen molar-refractivity contribution in [3.63, 3.8) is 0 Å². The molecule has 6 heteroatoms. The monoisotopic (exact) mass is 354 g/mol. The summed E-state index contributed by atoms with van der Waals surface area (Å²) in [5, 5.41) is 2.87. The standard InChI is InChI=1S/C20H26N4O2/c1-14(17(19(22)25)9-7-15-5-3-2-4-6-15)20(26)23-12-11-16-8-10-18(21)24-13-16/h2-6,8,10,13-14,17H,7,9,11-12H2,1H3,(H2,21,24)(H2,22,25)(H,23,26)/t14-,17?/m0/s1. The van der Waals surface area contributed by atoms with E-state index in [1.165, 1.54) is 0 Å². The molecule has 0 saturated carbocycles. The SMILES string of the molecule is C[C@H](C(=O)NCCc1ccc(N)nc1)C(CCc1ccccc1)C(N)=O. The molecule has 1 aromatic heterocycles. The highest BCUT2D eigenvalue weighted by Crippen LogP contribution is 2.19. The topological polar surface area (TPSA) is 111 Å². The third-order valence-corrected chi connectivity index (χ3v) is 4.53. The normalized spacial score (nSPS) is 13.0. The molecule has 0 aliphatic rings. The number of nitrogen functional groups attached to an aromatic ring is 1. The summed E-state index contributed by atoms with van der Waals surface area (Å²) in [7, 11) is 0. The number of anilines is 1. The van der Waals surface area contributed by atoms with E-state index in [-0.39, 0.29) is 5.91 Å². The molecule has 138 valence electrons. The number of benzene rings is 1. The van der Waals surface area contributed by atoms with Gasteiger partial charge in [-0.1, -0.05) is 43.3 Å². The van der Waals surface area contributed by atoms with Gasteiger partial charge in [0, 0.05) is 24.6 Å². The van der Waals surface area contributed by atoms with Crippen LogP contribution in [0.2, 0.25) is 0 Å². The lowest BCUT2D eigenvalue weighted by atomic mass is 9.87. The van der Waals surface area contributed by atoms with Crippen molar-refractivity contribution in [3.8, 4) is 0 Å². The maximum atomic E-state index is 12.4. The second-order valence-corrected chi connectivity index (χ2v) is 6.45. The van der Waals surface area contributed by atoms with Gasteiger partial charge in [0.1, 0.15) is 5.82 Å². The maximum absolute atomic E-state index is 12.4. The zero-order chi connectivity index (χ0) is 18.9. The van der Waals surface area contributed by atoms with Crippen molar-refractivity contribution >= 4 is 17.6 Å². The number of carbonyl (C=O) groups is 2. The summed E-state index contributed by atoms with van der Waals surface area (Å²) in [6.07, 6.45) is 3.60. The quantitative estimate of drug-likeness (QED) is 0.636. The van der Waals surface area contributed by atoms with Crippen LogP contribution in [0.1, 0.15) is 24.5 Å². The van der Waals surface area contributed by atoms with Crippen LogP contribution >= 0.6 is 0 Å². The fraction of sp³-hybridized carbons (Fsp3) is 0.350. The molecule has 5 N–H and O–H groups in total. The average Bonchev–Trinajstić information content (AvgIpc) is 2.64. The lowest BCUT2D eigenvalue weighted by molar-refractivity contribution is -0.132. The number of pyridine rings is 1. The van der Waals surface area contributed by atoms with Crippen molar-refractivity contribution in [2.24, 2.45) is 17.6 Å². The molecular formula is C20H26N4O2. The first-order valence-electron chi connectivity index (χ1n) is 8.78. The molecule has 2 atom stereocenters. The molecule has 0 fully saturated rings. The number of primary amides is 1. The van der Waals surface area contributed by atoms with Gasteiger partial charge in [0.05, 0.1) is 0 Å². The molecule has 2 rings (SSSR count). The van der Waals surface area contributed by atoms with Crippen LogP contribution in [0, 0.1) is 11.8 Å². The number of aryl methyl sites for hydroxylation is 1. The van der Waals surface area contributed by atoms with Crippen LogP contribution in [-0.2, 0) is 22.4 Å². The first-order chi connectivity index (χ1) is 12.5. The number of hydrogen-bond acceptors (Lipinski definition) is 4. The van der Waals surface area contributed by atoms with Crippen LogP contribution in [0.25, 0.3) is 0 Å². The Labute approximate surface area is 154 Å². The van der Waals surface area contributed by atoms with E-state index in [1.54, 1.807) is 19.2 Å². The minimum atomic E-state index is -0.492. The van der Waals surface area contributed by atoms with Gasteiger partial charge in [0.15, 0.2) is 0 Å². The van der Waals surface area contributed by atoms with Gasteiger partial charge < -0.3 is 16.8 Å². The summed E-state index contributed by atoms with van der Waals surface area (Å²) in [6, 6.07) is 13.5. The van der Waals surface area contributed by atoms with Gasteiger partial charge in [-0.15, -0.1) is 0 Å². The van der Waals surface area contributed by atoms with E-state index in [0.717, 1.165) is 11.1 Å². The third-order valence-electron chi connectivity index (χ3n) is 4.53. The Bertz CT molecular complexity index is 716. The number of rotatable bonds is 9. The fourth-order valence-corrected chi connectivity index (χ4v) is 2.86. The number of carbonyl (C=O) groups excluding carboxylic acids is 2. The van der Waals surface area contributed by atoms with Gasteiger partial charge in [-0.05, 0) is 36.5 Å². The van der Waals surface area contributed by atoms with Gasteiger partial charge in [-0.2, -0.15) is 0 Å². The molecule has 0 bridgehead atoms. The van der Waals surface area contributed by atoms with Gasteiger partial charge in [0.25, 0.3) is 0 Å². The van der Waals surface area contributed by atoms with Crippen LogP contribution in [0.3, 0.4) is 0 Å². The average molecular weight is 354 g/mol. The van der Waals surface area contributed by atoms with Crippen LogP contribution < -0.4 is 16.8 Å². The second kappa shape index (κ2) is 9.56. The molecule has 26 heavy (non-hydrogen) atoms. The van der Waals surface area contributed by atoms with Crippen LogP contribution in [0.5, 0.6) is 0 Å². The minimum Gasteiger partial charge on any atom is -0.384 e. The molecule has 6 nitrogen and oxygen atoms in total. The van der Waals surface area contributed by atoms with Crippen LogP contribution in [0.4, 0.5) is 5.82 Å². The first-order valence-corrected chi connectivity index (χ1v) is 8.78. The van der Waals surface area contributed by atoms with E-state index in [9.17, 15) is 9.59 Å². The maximum Gasteiger partial charge on any atom is 0.223 e. The highest BCUT2D eigenvalue weighted by Gasteiger charge is 2.28. The largest absolute Gasteiger partial charge is 0.384 e. The van der Waals surface area contributed by atoms with E-state index in [2.05, 4.69) is 10.3 Å². The zero-order valence-electron chi connectivity index (χ0n) is 15.0. The summed E-state index contributed by atoms with van der Waals surface area (Å²) >= 11 is 0. The van der Waals surface area contributed by atoms with Gasteiger partial charge in [-0.3, -0.25) is 9.59 Å². The molecular weight excluding hydrogens is 328 g/mol. The van der Waals surface area contributed by atoms with Crippen molar-refractivity contribution in [1.29, 1.82) is 0 Å². The van der Waals surface area contributed by atoms with E-state index in [1.807, 2.05) is 36.4 Å². The Morgan fingerprint density at radius 1 is 1.08 bits per heavy atom. The highest BCUT2D eigenvalue weighted by molar-refractivity contribution is 5.86. The highest BCUT2D eigenvalue weighted by atomic mass is 16.2. The molecule has 0 aliphatic carbocycles. The number of amides is 2. The van der Waals surface area contributed by atoms with E-state index in [4.69, 9.17) is 11.5 Å². The minimum absolute atomic E-state index is 0.162. The summed E-state index contributed by atoms with van der Waals surface area (Å²) in [4.78, 5) is 28.2. The molecule has 0 radical (unpaired) electrons. The zero-order valence-corrected chi connectivity index (χ0v) is 15.0. The molecule has 1 unspecified atom stereocenters. The Morgan fingerprint density at radius 2 is 1.81 bits per heavy atom. The van der Waals surface area contributed by atoms with E-state index in [0.29, 0.717) is 31.6 Å². The summed E-state index contributed by atoms with van der Waals surface area (Å²) in [6.45, 7) is 2.22. The number of aromatic nitrogens is 1. The molecule has 0 saturated heterocycles. The number of nitrogens with one attached hydrogen (secondary N) is 1. The molecule has 1 heterocycles. The second-order valence-electron chi connectivity index (χ2n) is 6.45. The fourth-order valence-electron chi connectivity index (χ4n) is 2.86. The summed E-state index contributed by atoms with van der Waals surface area (Å²) in [5.41, 5.74) is 13.2. The van der Waals surface area contributed by atoms with Crippen molar-refractivity contribution in [2.75, 3.05) is 12.3 Å². The van der Waals surface area contributed by atoms with Gasteiger partial charge in [-0.25, -0.2) is 4.98 Å². The lowest BCUT2D eigenvalue weighted by Crippen LogP contribution is -2.39.